The third kappa shape index (κ3) is 3.75. The molecule has 0 saturated heterocycles. The summed E-state index contributed by atoms with van der Waals surface area (Å²) in [4.78, 5) is 14.8. The second-order valence-electron chi connectivity index (χ2n) is 7.30. The lowest BCUT2D eigenvalue weighted by molar-refractivity contribution is -0.138. The molecule has 3 heteroatoms. The zero-order chi connectivity index (χ0) is 14.7. The minimum absolute atomic E-state index is 0.169. The summed E-state index contributed by atoms with van der Waals surface area (Å²) in [5.41, 5.74) is 6.10. The molecule has 0 heterocycles. The molecule has 2 N–H and O–H groups in total. The Morgan fingerprint density at radius 2 is 1.80 bits per heavy atom. The molecule has 3 nitrogen and oxygen atoms in total. The Morgan fingerprint density at radius 3 is 2.35 bits per heavy atom. The Balaban J connectivity index is 1.88. The molecule has 1 amide bonds. The number of carbonyl (C=O) groups excluding carboxylic acids is 1. The summed E-state index contributed by atoms with van der Waals surface area (Å²) < 4.78 is 0. The van der Waals surface area contributed by atoms with Crippen LogP contribution < -0.4 is 5.73 Å². The Morgan fingerprint density at radius 1 is 1.15 bits per heavy atom. The lowest BCUT2D eigenvalue weighted by Crippen LogP contribution is -2.45. The van der Waals surface area contributed by atoms with E-state index in [2.05, 4.69) is 18.7 Å². The second-order valence-corrected chi connectivity index (χ2v) is 7.30. The van der Waals surface area contributed by atoms with E-state index in [1.54, 1.807) is 0 Å². The number of nitrogens with two attached hydrogens (primary N) is 1. The molecule has 2 aliphatic carbocycles. The maximum absolute atomic E-state index is 12.7. The first-order chi connectivity index (χ1) is 9.51. The molecule has 0 spiro atoms. The Hall–Kier alpha value is -0.570. The molecule has 2 aliphatic rings. The minimum Gasteiger partial charge on any atom is -0.343 e. The van der Waals surface area contributed by atoms with Gasteiger partial charge in [0.25, 0.3) is 0 Å². The summed E-state index contributed by atoms with van der Waals surface area (Å²) >= 11 is 0. The van der Waals surface area contributed by atoms with Crippen molar-refractivity contribution >= 4 is 5.91 Å². The van der Waals surface area contributed by atoms with Gasteiger partial charge in [-0.05, 0) is 56.8 Å². The molecule has 0 radical (unpaired) electrons. The fraction of sp³-hybridized carbons (Fsp3) is 0.941. The third-order valence-electron chi connectivity index (χ3n) is 5.62. The Labute approximate surface area is 124 Å². The standard InChI is InChI=1S/C17H32N2O/c1-4-13-5-7-16(8-6-13)19(3)17(20)14-9-12(2)10-15(18)11-14/h12-16H,4-11,18H2,1-3H3. The van der Waals surface area contributed by atoms with Crippen LogP contribution in [0, 0.1) is 17.8 Å². The molecule has 0 aromatic heterocycles. The van der Waals surface area contributed by atoms with Gasteiger partial charge < -0.3 is 10.6 Å². The van der Waals surface area contributed by atoms with Gasteiger partial charge in [-0.2, -0.15) is 0 Å². The van der Waals surface area contributed by atoms with Crippen LogP contribution >= 0.6 is 0 Å². The van der Waals surface area contributed by atoms with E-state index in [1.807, 2.05) is 7.05 Å². The van der Waals surface area contributed by atoms with Crippen molar-refractivity contribution in [2.75, 3.05) is 7.05 Å². The van der Waals surface area contributed by atoms with E-state index in [1.165, 1.54) is 32.1 Å². The number of carbonyl (C=O) groups is 1. The largest absolute Gasteiger partial charge is 0.343 e. The molecule has 3 atom stereocenters. The number of hydrogen-bond donors (Lipinski definition) is 1. The molecule has 0 bridgehead atoms. The number of rotatable bonds is 3. The predicted octanol–water partition coefficient (Wildman–Crippen LogP) is 3.18. The zero-order valence-electron chi connectivity index (χ0n) is 13.5. The lowest BCUT2D eigenvalue weighted by atomic mass is 9.78. The predicted molar refractivity (Wildman–Crippen MR) is 83.3 cm³/mol. The zero-order valence-corrected chi connectivity index (χ0v) is 13.5. The van der Waals surface area contributed by atoms with Gasteiger partial charge in [0.15, 0.2) is 0 Å². The van der Waals surface area contributed by atoms with E-state index >= 15 is 0 Å². The second kappa shape index (κ2) is 6.93. The average Bonchev–Trinajstić information content (AvgIpc) is 2.45. The molecule has 0 aromatic carbocycles. The van der Waals surface area contributed by atoms with Crippen molar-refractivity contribution in [2.45, 2.75) is 77.3 Å². The summed E-state index contributed by atoms with van der Waals surface area (Å²) in [6.45, 7) is 4.51. The topological polar surface area (TPSA) is 46.3 Å². The summed E-state index contributed by atoms with van der Waals surface area (Å²) in [7, 11) is 2.02. The molecule has 2 saturated carbocycles. The van der Waals surface area contributed by atoms with Crippen LogP contribution in [-0.4, -0.2) is 29.9 Å². The quantitative estimate of drug-likeness (QED) is 0.863. The lowest BCUT2D eigenvalue weighted by Gasteiger charge is -2.38. The van der Waals surface area contributed by atoms with Gasteiger partial charge in [-0.3, -0.25) is 4.79 Å². The van der Waals surface area contributed by atoms with E-state index in [4.69, 9.17) is 5.73 Å². The van der Waals surface area contributed by atoms with E-state index in [9.17, 15) is 4.79 Å². The third-order valence-corrected chi connectivity index (χ3v) is 5.62. The van der Waals surface area contributed by atoms with E-state index in [0.717, 1.165) is 25.2 Å². The number of hydrogen-bond acceptors (Lipinski definition) is 2. The van der Waals surface area contributed by atoms with Crippen LogP contribution in [0.25, 0.3) is 0 Å². The van der Waals surface area contributed by atoms with Crippen molar-refractivity contribution in [2.24, 2.45) is 23.5 Å². The van der Waals surface area contributed by atoms with Crippen LogP contribution in [0.4, 0.5) is 0 Å². The van der Waals surface area contributed by atoms with Gasteiger partial charge in [0.1, 0.15) is 0 Å². The molecule has 2 fully saturated rings. The molecule has 116 valence electrons. The summed E-state index contributed by atoms with van der Waals surface area (Å²) in [5.74, 6) is 2.00. The van der Waals surface area contributed by atoms with Gasteiger partial charge in [-0.1, -0.05) is 20.3 Å². The molecule has 0 aromatic rings. The fourth-order valence-electron chi connectivity index (χ4n) is 4.27. The van der Waals surface area contributed by atoms with Gasteiger partial charge in [0.2, 0.25) is 5.91 Å². The normalized spacial score (nSPS) is 38.5. The van der Waals surface area contributed by atoms with Crippen LogP contribution in [0.2, 0.25) is 0 Å². The SMILES string of the molecule is CCC1CCC(N(C)C(=O)C2CC(C)CC(N)C2)CC1. The average molecular weight is 280 g/mol. The van der Waals surface area contributed by atoms with Crippen LogP contribution in [0.3, 0.4) is 0 Å². The Kier molecular flexibility index (Phi) is 5.48. The highest BCUT2D eigenvalue weighted by atomic mass is 16.2. The van der Waals surface area contributed by atoms with Crippen molar-refractivity contribution in [1.29, 1.82) is 0 Å². The van der Waals surface area contributed by atoms with Crippen molar-refractivity contribution in [1.82, 2.24) is 4.90 Å². The van der Waals surface area contributed by atoms with Crippen molar-refractivity contribution in [3.8, 4) is 0 Å². The molecular formula is C17H32N2O. The van der Waals surface area contributed by atoms with Gasteiger partial charge in [0, 0.05) is 25.0 Å². The highest BCUT2D eigenvalue weighted by Gasteiger charge is 2.34. The van der Waals surface area contributed by atoms with E-state index in [-0.39, 0.29) is 12.0 Å². The van der Waals surface area contributed by atoms with Gasteiger partial charge in [-0.25, -0.2) is 0 Å². The maximum atomic E-state index is 12.7. The first-order valence-corrected chi connectivity index (χ1v) is 8.53. The van der Waals surface area contributed by atoms with Crippen LogP contribution in [0.15, 0.2) is 0 Å². The summed E-state index contributed by atoms with van der Waals surface area (Å²) in [5, 5.41) is 0. The summed E-state index contributed by atoms with van der Waals surface area (Å²) in [6.07, 6.45) is 9.25. The van der Waals surface area contributed by atoms with Crippen LogP contribution in [0.5, 0.6) is 0 Å². The van der Waals surface area contributed by atoms with Gasteiger partial charge >= 0.3 is 0 Å². The maximum Gasteiger partial charge on any atom is 0.225 e. The molecular weight excluding hydrogens is 248 g/mol. The number of amides is 1. The number of nitrogens with zero attached hydrogens (tertiary/aromatic N) is 1. The van der Waals surface area contributed by atoms with Gasteiger partial charge in [0.05, 0.1) is 0 Å². The molecule has 0 aliphatic heterocycles. The highest BCUT2D eigenvalue weighted by Crippen LogP contribution is 2.33. The molecule has 20 heavy (non-hydrogen) atoms. The molecule has 3 unspecified atom stereocenters. The van der Waals surface area contributed by atoms with E-state index < -0.39 is 0 Å². The summed E-state index contributed by atoms with van der Waals surface area (Å²) in [6, 6.07) is 0.690. The van der Waals surface area contributed by atoms with Crippen molar-refractivity contribution in [3.63, 3.8) is 0 Å². The fourth-order valence-corrected chi connectivity index (χ4v) is 4.27. The molecule has 2 rings (SSSR count). The van der Waals surface area contributed by atoms with Gasteiger partial charge in [-0.15, -0.1) is 0 Å². The Bertz CT molecular complexity index is 313. The smallest absolute Gasteiger partial charge is 0.225 e. The van der Waals surface area contributed by atoms with Crippen molar-refractivity contribution < 1.29 is 4.79 Å². The van der Waals surface area contributed by atoms with Crippen LogP contribution in [-0.2, 0) is 4.79 Å². The minimum atomic E-state index is 0.169. The first-order valence-electron chi connectivity index (χ1n) is 8.53. The van der Waals surface area contributed by atoms with E-state index in [0.29, 0.717) is 17.9 Å². The highest BCUT2D eigenvalue weighted by molar-refractivity contribution is 5.79. The van der Waals surface area contributed by atoms with Crippen LogP contribution in [0.1, 0.15) is 65.2 Å². The monoisotopic (exact) mass is 280 g/mol. The first kappa shape index (κ1) is 15.8. The van der Waals surface area contributed by atoms with Crippen molar-refractivity contribution in [3.05, 3.63) is 0 Å².